The Kier molecular flexibility index (Phi) is 5.68. The Morgan fingerprint density at radius 2 is 2.06 bits per heavy atom. The van der Waals surface area contributed by atoms with Crippen LogP contribution in [0.5, 0.6) is 0 Å². The Morgan fingerprint density at radius 1 is 1.31 bits per heavy atom. The lowest BCUT2D eigenvalue weighted by molar-refractivity contribution is 0.0365. The highest BCUT2D eigenvalue weighted by Crippen LogP contribution is 2.16. The topological polar surface area (TPSA) is 69.2 Å². The summed E-state index contributed by atoms with van der Waals surface area (Å²) in [5.74, 6) is 0.375. The fourth-order valence-electron chi connectivity index (χ4n) is 1.01. The van der Waals surface area contributed by atoms with Crippen LogP contribution < -0.4 is 5.32 Å². The van der Waals surface area contributed by atoms with Crippen LogP contribution in [-0.4, -0.2) is 48.7 Å². The average molecular weight is 267 g/mol. The molecular formula is C8H12Cl2N4O2. The van der Waals surface area contributed by atoms with Crippen molar-refractivity contribution in [3.8, 4) is 0 Å². The number of nitrogens with zero attached hydrogens (tertiary/aromatic N) is 3. The van der Waals surface area contributed by atoms with Crippen LogP contribution in [0, 0.1) is 0 Å². The third-order valence-corrected chi connectivity index (χ3v) is 2.22. The van der Waals surface area contributed by atoms with Crippen molar-refractivity contribution in [2.45, 2.75) is 6.10 Å². The predicted octanol–water partition coefficient (Wildman–Crippen LogP) is 1.25. The number of rotatable bonds is 6. The zero-order valence-corrected chi connectivity index (χ0v) is 10.4. The minimum Gasteiger partial charge on any atom is -0.382 e. The van der Waals surface area contributed by atoms with Gasteiger partial charge >= 0.3 is 0 Å². The largest absolute Gasteiger partial charge is 0.382 e. The molecule has 0 fully saturated rings. The molecule has 16 heavy (non-hydrogen) atoms. The molecule has 0 aliphatic carbocycles. The molecule has 0 amide bonds. The minimum atomic E-state index is -0.102. The van der Waals surface area contributed by atoms with Crippen molar-refractivity contribution in [2.24, 2.45) is 0 Å². The molecule has 1 aromatic rings. The van der Waals surface area contributed by atoms with Crippen LogP contribution in [0.1, 0.15) is 0 Å². The normalized spacial score (nSPS) is 12.5. The van der Waals surface area contributed by atoms with E-state index in [1.165, 1.54) is 0 Å². The SMILES string of the molecule is COCC(CNc1nc(Cl)nnc1Cl)OC. The zero-order chi connectivity index (χ0) is 12.0. The van der Waals surface area contributed by atoms with Gasteiger partial charge in [0.25, 0.3) is 0 Å². The molecule has 6 nitrogen and oxygen atoms in total. The van der Waals surface area contributed by atoms with E-state index in [1.807, 2.05) is 0 Å². The number of hydrogen-bond acceptors (Lipinski definition) is 6. The van der Waals surface area contributed by atoms with E-state index >= 15 is 0 Å². The second kappa shape index (κ2) is 6.80. The van der Waals surface area contributed by atoms with Crippen LogP contribution in [0.3, 0.4) is 0 Å². The van der Waals surface area contributed by atoms with Gasteiger partial charge in [-0.3, -0.25) is 0 Å². The van der Waals surface area contributed by atoms with E-state index in [9.17, 15) is 0 Å². The molecule has 0 saturated heterocycles. The van der Waals surface area contributed by atoms with Crippen LogP contribution in [0.15, 0.2) is 0 Å². The summed E-state index contributed by atoms with van der Waals surface area (Å²) in [6.07, 6.45) is -0.102. The summed E-state index contributed by atoms with van der Waals surface area (Å²) < 4.78 is 10.1. The summed E-state index contributed by atoms with van der Waals surface area (Å²) in [6.45, 7) is 0.951. The fourth-order valence-corrected chi connectivity index (χ4v) is 1.28. The van der Waals surface area contributed by atoms with Gasteiger partial charge < -0.3 is 14.8 Å². The highest BCUT2D eigenvalue weighted by atomic mass is 35.5. The maximum atomic E-state index is 5.77. The van der Waals surface area contributed by atoms with E-state index in [1.54, 1.807) is 14.2 Å². The van der Waals surface area contributed by atoms with Crippen LogP contribution in [0.25, 0.3) is 0 Å². The maximum Gasteiger partial charge on any atom is 0.245 e. The van der Waals surface area contributed by atoms with Gasteiger partial charge in [0.2, 0.25) is 5.28 Å². The first-order valence-electron chi connectivity index (χ1n) is 4.48. The molecule has 1 N–H and O–H groups in total. The van der Waals surface area contributed by atoms with E-state index in [0.717, 1.165) is 0 Å². The predicted molar refractivity (Wildman–Crippen MR) is 61.0 cm³/mol. The summed E-state index contributed by atoms with van der Waals surface area (Å²) in [5, 5.41) is 10.3. The summed E-state index contributed by atoms with van der Waals surface area (Å²) in [6, 6.07) is 0. The minimum absolute atomic E-state index is 0.0348. The molecule has 8 heteroatoms. The Labute approximate surface area is 103 Å². The first-order valence-corrected chi connectivity index (χ1v) is 5.24. The monoisotopic (exact) mass is 266 g/mol. The number of hydrogen-bond donors (Lipinski definition) is 1. The number of halogens is 2. The van der Waals surface area contributed by atoms with Crippen LogP contribution in [0.2, 0.25) is 10.4 Å². The highest BCUT2D eigenvalue weighted by molar-refractivity contribution is 6.32. The summed E-state index contributed by atoms with van der Waals surface area (Å²) in [5.41, 5.74) is 0. The molecule has 1 atom stereocenters. The number of methoxy groups -OCH3 is 2. The van der Waals surface area contributed by atoms with Gasteiger partial charge in [-0.25, -0.2) is 0 Å². The molecule has 0 saturated carbocycles. The lowest BCUT2D eigenvalue weighted by Crippen LogP contribution is -2.27. The second-order valence-corrected chi connectivity index (χ2v) is 3.61. The zero-order valence-electron chi connectivity index (χ0n) is 8.91. The Morgan fingerprint density at radius 3 is 2.69 bits per heavy atom. The number of ether oxygens (including phenoxy) is 2. The quantitative estimate of drug-likeness (QED) is 0.836. The smallest absolute Gasteiger partial charge is 0.245 e. The van der Waals surface area contributed by atoms with Crippen molar-refractivity contribution < 1.29 is 9.47 Å². The molecule has 0 aromatic carbocycles. The van der Waals surface area contributed by atoms with E-state index < -0.39 is 0 Å². The van der Waals surface area contributed by atoms with Gasteiger partial charge in [0.1, 0.15) is 0 Å². The lowest BCUT2D eigenvalue weighted by Gasteiger charge is -2.15. The molecule has 1 unspecified atom stereocenters. The summed E-state index contributed by atoms with van der Waals surface area (Å²) in [4.78, 5) is 3.89. The maximum absolute atomic E-state index is 5.77. The van der Waals surface area contributed by atoms with Crippen LogP contribution >= 0.6 is 23.2 Å². The van der Waals surface area contributed by atoms with Gasteiger partial charge in [-0.2, -0.15) is 4.98 Å². The number of nitrogens with one attached hydrogen (secondary N) is 1. The molecule has 0 aliphatic heterocycles. The molecule has 0 spiro atoms. The molecule has 90 valence electrons. The van der Waals surface area contributed by atoms with Crippen LogP contribution in [0.4, 0.5) is 5.82 Å². The van der Waals surface area contributed by atoms with Gasteiger partial charge in [-0.15, -0.1) is 10.2 Å². The first kappa shape index (κ1) is 13.4. The second-order valence-electron chi connectivity index (χ2n) is 2.91. The standard InChI is InChI=1S/C8H12Cl2N4O2/c1-15-4-5(16-2)3-11-7-6(9)13-14-8(10)12-7/h5H,3-4H2,1-2H3,(H,11,12,14). The molecule has 1 aromatic heterocycles. The van der Waals surface area contributed by atoms with E-state index in [2.05, 4.69) is 20.5 Å². The van der Waals surface area contributed by atoms with Crippen molar-refractivity contribution >= 4 is 29.0 Å². The average Bonchev–Trinajstić information content (AvgIpc) is 2.28. The van der Waals surface area contributed by atoms with Gasteiger partial charge in [0.05, 0.1) is 12.7 Å². The highest BCUT2D eigenvalue weighted by Gasteiger charge is 2.10. The van der Waals surface area contributed by atoms with Crippen LogP contribution in [-0.2, 0) is 9.47 Å². The molecule has 0 aliphatic rings. The Hall–Kier alpha value is -0.690. The van der Waals surface area contributed by atoms with Gasteiger partial charge in [0.15, 0.2) is 11.0 Å². The lowest BCUT2D eigenvalue weighted by atomic mass is 10.4. The van der Waals surface area contributed by atoms with E-state index in [4.69, 9.17) is 32.7 Å². The molecule has 1 heterocycles. The van der Waals surface area contributed by atoms with Crippen molar-refractivity contribution in [2.75, 3.05) is 32.7 Å². The summed E-state index contributed by atoms with van der Waals surface area (Å²) in [7, 11) is 3.19. The number of anilines is 1. The molecule has 0 bridgehead atoms. The van der Waals surface area contributed by atoms with Gasteiger partial charge in [0, 0.05) is 20.8 Å². The van der Waals surface area contributed by atoms with Crippen molar-refractivity contribution in [3.63, 3.8) is 0 Å². The molecule has 1 rings (SSSR count). The van der Waals surface area contributed by atoms with Gasteiger partial charge in [-0.05, 0) is 11.6 Å². The molecular weight excluding hydrogens is 255 g/mol. The third kappa shape index (κ3) is 4.05. The Bertz CT molecular complexity index is 340. The summed E-state index contributed by atoms with van der Waals surface area (Å²) >= 11 is 11.4. The van der Waals surface area contributed by atoms with Crippen molar-refractivity contribution in [1.82, 2.24) is 15.2 Å². The Balaban J connectivity index is 2.55. The van der Waals surface area contributed by atoms with Gasteiger partial charge in [-0.1, -0.05) is 11.6 Å². The van der Waals surface area contributed by atoms with Crippen molar-refractivity contribution in [3.05, 3.63) is 10.4 Å². The first-order chi connectivity index (χ1) is 7.67. The third-order valence-electron chi connectivity index (χ3n) is 1.80. The fraction of sp³-hybridized carbons (Fsp3) is 0.625. The molecule has 0 radical (unpaired) electrons. The van der Waals surface area contributed by atoms with Crippen molar-refractivity contribution in [1.29, 1.82) is 0 Å². The van der Waals surface area contributed by atoms with E-state index in [-0.39, 0.29) is 16.5 Å². The van der Waals surface area contributed by atoms with E-state index in [0.29, 0.717) is 19.0 Å². The number of aromatic nitrogens is 3.